The molecule has 2 N–H and O–H groups in total. The van der Waals surface area contributed by atoms with E-state index in [1.165, 1.54) is 24.8 Å². The number of rotatable bonds is 2. The quantitative estimate of drug-likeness (QED) is 0.854. The maximum Gasteiger partial charge on any atom is 0.149 e. The van der Waals surface area contributed by atoms with Crippen molar-refractivity contribution in [2.75, 3.05) is 5.73 Å². The molecule has 1 saturated carbocycles. The van der Waals surface area contributed by atoms with E-state index in [4.69, 9.17) is 5.73 Å². The standard InChI is InChI=1S/C14H15N3/c15-14-13(16-8-9-17-14)12-7-2-1-6-11(12)10-4-3-5-10/h1-2,6-10H,3-5H2,(H2,15,17). The van der Waals surface area contributed by atoms with Gasteiger partial charge in [-0.05, 0) is 24.3 Å². The monoisotopic (exact) mass is 225 g/mol. The lowest BCUT2D eigenvalue weighted by atomic mass is 9.78. The van der Waals surface area contributed by atoms with Gasteiger partial charge in [-0.3, -0.25) is 4.98 Å². The Labute approximate surface area is 101 Å². The Morgan fingerprint density at radius 1 is 1.06 bits per heavy atom. The van der Waals surface area contributed by atoms with Crippen LogP contribution in [-0.4, -0.2) is 9.97 Å². The second-order valence-electron chi connectivity index (χ2n) is 4.51. The van der Waals surface area contributed by atoms with Crippen LogP contribution < -0.4 is 5.73 Å². The van der Waals surface area contributed by atoms with Crippen molar-refractivity contribution >= 4 is 5.82 Å². The van der Waals surface area contributed by atoms with E-state index >= 15 is 0 Å². The van der Waals surface area contributed by atoms with Gasteiger partial charge in [-0.25, -0.2) is 4.98 Å². The molecule has 0 aliphatic heterocycles. The molecule has 3 rings (SSSR count). The molecule has 1 aliphatic rings. The normalized spacial score (nSPS) is 15.5. The smallest absolute Gasteiger partial charge is 0.149 e. The first-order valence-corrected chi connectivity index (χ1v) is 6.02. The van der Waals surface area contributed by atoms with E-state index in [0.29, 0.717) is 11.7 Å². The second kappa shape index (κ2) is 4.17. The van der Waals surface area contributed by atoms with E-state index in [0.717, 1.165) is 11.3 Å². The molecule has 2 aromatic rings. The number of aromatic nitrogens is 2. The van der Waals surface area contributed by atoms with Crippen molar-refractivity contribution in [2.24, 2.45) is 0 Å². The highest BCUT2D eigenvalue weighted by Crippen LogP contribution is 2.41. The average molecular weight is 225 g/mol. The van der Waals surface area contributed by atoms with Gasteiger partial charge in [0, 0.05) is 18.0 Å². The first kappa shape index (κ1) is 10.3. The Bertz CT molecular complexity index is 532. The van der Waals surface area contributed by atoms with Gasteiger partial charge in [0.1, 0.15) is 11.5 Å². The Morgan fingerprint density at radius 3 is 2.53 bits per heavy atom. The third-order valence-electron chi connectivity index (χ3n) is 3.49. The summed E-state index contributed by atoms with van der Waals surface area (Å²) in [5.74, 6) is 1.19. The maximum absolute atomic E-state index is 5.91. The zero-order valence-corrected chi connectivity index (χ0v) is 9.63. The molecular formula is C14H15N3. The summed E-state index contributed by atoms with van der Waals surface area (Å²) in [5.41, 5.74) is 9.23. The summed E-state index contributed by atoms with van der Waals surface area (Å²) in [4.78, 5) is 8.48. The summed E-state index contributed by atoms with van der Waals surface area (Å²) in [6.45, 7) is 0. The third-order valence-corrected chi connectivity index (χ3v) is 3.49. The molecular weight excluding hydrogens is 210 g/mol. The largest absolute Gasteiger partial charge is 0.382 e. The summed E-state index contributed by atoms with van der Waals surface area (Å²) in [6.07, 6.45) is 7.21. The lowest BCUT2D eigenvalue weighted by Gasteiger charge is -2.27. The predicted octanol–water partition coefficient (Wildman–Crippen LogP) is 2.99. The van der Waals surface area contributed by atoms with E-state index in [9.17, 15) is 0 Å². The zero-order valence-electron chi connectivity index (χ0n) is 9.63. The minimum Gasteiger partial charge on any atom is -0.382 e. The van der Waals surface area contributed by atoms with E-state index in [-0.39, 0.29) is 0 Å². The van der Waals surface area contributed by atoms with Gasteiger partial charge < -0.3 is 5.73 Å². The molecule has 1 heterocycles. The highest BCUT2D eigenvalue weighted by Gasteiger charge is 2.23. The SMILES string of the molecule is Nc1nccnc1-c1ccccc1C1CCC1. The van der Waals surface area contributed by atoms with E-state index in [2.05, 4.69) is 28.2 Å². The number of nitrogens with zero attached hydrogens (tertiary/aromatic N) is 2. The van der Waals surface area contributed by atoms with Crippen LogP contribution in [-0.2, 0) is 0 Å². The summed E-state index contributed by atoms with van der Waals surface area (Å²) in [6, 6.07) is 8.40. The van der Waals surface area contributed by atoms with Crippen LogP contribution in [0.5, 0.6) is 0 Å². The van der Waals surface area contributed by atoms with Crippen LogP contribution >= 0.6 is 0 Å². The molecule has 17 heavy (non-hydrogen) atoms. The van der Waals surface area contributed by atoms with Crippen molar-refractivity contribution in [3.63, 3.8) is 0 Å². The molecule has 0 saturated heterocycles. The molecule has 0 unspecified atom stereocenters. The lowest BCUT2D eigenvalue weighted by Crippen LogP contribution is -2.10. The van der Waals surface area contributed by atoms with Crippen LogP contribution in [0.3, 0.4) is 0 Å². The fraction of sp³-hybridized carbons (Fsp3) is 0.286. The molecule has 3 heteroatoms. The van der Waals surface area contributed by atoms with Gasteiger partial charge >= 0.3 is 0 Å². The van der Waals surface area contributed by atoms with Crippen molar-refractivity contribution in [1.29, 1.82) is 0 Å². The average Bonchev–Trinajstić information content (AvgIpc) is 2.29. The van der Waals surface area contributed by atoms with Crippen molar-refractivity contribution in [3.8, 4) is 11.3 Å². The van der Waals surface area contributed by atoms with Crippen LogP contribution in [0.4, 0.5) is 5.82 Å². The summed E-state index contributed by atoms with van der Waals surface area (Å²) < 4.78 is 0. The van der Waals surface area contributed by atoms with Crippen LogP contribution in [0.15, 0.2) is 36.7 Å². The molecule has 86 valence electrons. The fourth-order valence-electron chi connectivity index (χ4n) is 2.34. The minimum atomic E-state index is 0.513. The highest BCUT2D eigenvalue weighted by molar-refractivity contribution is 5.73. The highest BCUT2D eigenvalue weighted by atomic mass is 14.9. The number of benzene rings is 1. The molecule has 1 aliphatic carbocycles. The van der Waals surface area contributed by atoms with Crippen LogP contribution in [0.25, 0.3) is 11.3 Å². The molecule has 3 nitrogen and oxygen atoms in total. The van der Waals surface area contributed by atoms with Gasteiger partial charge in [0.05, 0.1) is 0 Å². The van der Waals surface area contributed by atoms with Gasteiger partial charge in [0.15, 0.2) is 0 Å². The topological polar surface area (TPSA) is 51.8 Å². The van der Waals surface area contributed by atoms with Crippen molar-refractivity contribution in [1.82, 2.24) is 9.97 Å². The zero-order chi connectivity index (χ0) is 11.7. The van der Waals surface area contributed by atoms with Gasteiger partial charge in [-0.1, -0.05) is 30.7 Å². The van der Waals surface area contributed by atoms with Crippen LogP contribution in [0.2, 0.25) is 0 Å². The molecule has 1 fully saturated rings. The number of anilines is 1. The van der Waals surface area contributed by atoms with Crippen molar-refractivity contribution in [3.05, 3.63) is 42.2 Å². The fourth-order valence-corrected chi connectivity index (χ4v) is 2.34. The number of hydrogen-bond acceptors (Lipinski definition) is 3. The Balaban J connectivity index is 2.11. The lowest BCUT2D eigenvalue weighted by molar-refractivity contribution is 0.420. The number of hydrogen-bond donors (Lipinski definition) is 1. The molecule has 0 atom stereocenters. The van der Waals surface area contributed by atoms with Crippen molar-refractivity contribution in [2.45, 2.75) is 25.2 Å². The molecule has 1 aromatic heterocycles. The van der Waals surface area contributed by atoms with E-state index in [1.807, 2.05) is 6.07 Å². The second-order valence-corrected chi connectivity index (χ2v) is 4.51. The van der Waals surface area contributed by atoms with Gasteiger partial charge in [-0.15, -0.1) is 0 Å². The van der Waals surface area contributed by atoms with Gasteiger partial charge in [0.25, 0.3) is 0 Å². The third kappa shape index (κ3) is 1.78. The first-order valence-electron chi connectivity index (χ1n) is 6.02. The summed E-state index contributed by atoms with van der Waals surface area (Å²) >= 11 is 0. The number of nitrogen functional groups attached to an aromatic ring is 1. The van der Waals surface area contributed by atoms with E-state index < -0.39 is 0 Å². The molecule has 0 spiro atoms. The Hall–Kier alpha value is -1.90. The summed E-state index contributed by atoms with van der Waals surface area (Å²) in [7, 11) is 0. The van der Waals surface area contributed by atoms with Crippen LogP contribution in [0.1, 0.15) is 30.7 Å². The van der Waals surface area contributed by atoms with Crippen molar-refractivity contribution < 1.29 is 0 Å². The van der Waals surface area contributed by atoms with Gasteiger partial charge in [-0.2, -0.15) is 0 Å². The molecule has 0 amide bonds. The Kier molecular flexibility index (Phi) is 2.52. The predicted molar refractivity (Wildman–Crippen MR) is 68.5 cm³/mol. The molecule has 0 radical (unpaired) electrons. The number of nitrogens with two attached hydrogens (primary N) is 1. The molecule has 0 bridgehead atoms. The van der Waals surface area contributed by atoms with Gasteiger partial charge in [0.2, 0.25) is 0 Å². The molecule has 1 aromatic carbocycles. The summed E-state index contributed by atoms with van der Waals surface area (Å²) in [5, 5.41) is 0. The Morgan fingerprint density at radius 2 is 1.82 bits per heavy atom. The maximum atomic E-state index is 5.91. The van der Waals surface area contributed by atoms with E-state index in [1.54, 1.807) is 12.4 Å². The first-order chi connectivity index (χ1) is 8.36. The minimum absolute atomic E-state index is 0.513. The van der Waals surface area contributed by atoms with Crippen LogP contribution in [0, 0.1) is 0 Å².